The van der Waals surface area contributed by atoms with E-state index in [1.807, 2.05) is 0 Å². The van der Waals surface area contributed by atoms with Crippen molar-refractivity contribution in [1.82, 2.24) is 5.32 Å². The highest BCUT2D eigenvalue weighted by Gasteiger charge is 2.66. The fourth-order valence-corrected chi connectivity index (χ4v) is 3.09. The lowest BCUT2D eigenvalue weighted by molar-refractivity contribution is -0.236. The summed E-state index contributed by atoms with van der Waals surface area (Å²) in [7, 11) is 0. The van der Waals surface area contributed by atoms with E-state index in [1.165, 1.54) is 0 Å². The summed E-state index contributed by atoms with van der Waals surface area (Å²) >= 11 is 3.28. The van der Waals surface area contributed by atoms with Crippen LogP contribution >= 0.6 is 15.9 Å². The van der Waals surface area contributed by atoms with Gasteiger partial charge in [0.05, 0.1) is 0 Å². The van der Waals surface area contributed by atoms with E-state index in [-0.39, 0.29) is 13.0 Å². The van der Waals surface area contributed by atoms with E-state index in [1.54, 1.807) is 24.3 Å². The minimum absolute atomic E-state index is 0.0349. The highest BCUT2D eigenvalue weighted by atomic mass is 79.9. The molecule has 1 fully saturated rings. The van der Waals surface area contributed by atoms with Gasteiger partial charge in [0.2, 0.25) is 0 Å². The summed E-state index contributed by atoms with van der Waals surface area (Å²) < 4.78 is 40.6. The van der Waals surface area contributed by atoms with Gasteiger partial charge in [0, 0.05) is 16.9 Å². The maximum absolute atomic E-state index is 13.3. The lowest BCUT2D eigenvalue weighted by atomic mass is 9.74. The summed E-state index contributed by atoms with van der Waals surface area (Å²) in [5.74, 6) is -2.84. The standard InChI is InChI=1S/C13H13BrF3NO2/c14-10-4-2-1-3-8(10)5-9-6-18-7-12(9,11(19)20)13(15,16)17/h1-4,9,18H,5-7H2,(H,19,20)/t9-,12+/m0/s1. The summed E-state index contributed by atoms with van der Waals surface area (Å²) in [6, 6.07) is 6.91. The molecule has 0 bridgehead atoms. The van der Waals surface area contributed by atoms with Crippen molar-refractivity contribution in [1.29, 1.82) is 0 Å². The summed E-state index contributed by atoms with van der Waals surface area (Å²) in [6.07, 6.45) is -4.73. The number of aliphatic carboxylic acids is 1. The number of carboxylic acids is 1. The van der Waals surface area contributed by atoms with Crippen molar-refractivity contribution in [2.45, 2.75) is 12.6 Å². The van der Waals surface area contributed by atoms with Gasteiger partial charge in [-0.25, -0.2) is 0 Å². The number of carboxylic acid groups (broad SMARTS) is 1. The molecule has 0 unspecified atom stereocenters. The Morgan fingerprint density at radius 2 is 2.10 bits per heavy atom. The molecule has 1 aromatic carbocycles. The third-order valence-electron chi connectivity index (χ3n) is 3.80. The topological polar surface area (TPSA) is 49.3 Å². The molecule has 2 N–H and O–H groups in total. The number of benzene rings is 1. The van der Waals surface area contributed by atoms with Crippen LogP contribution in [0.1, 0.15) is 5.56 Å². The maximum Gasteiger partial charge on any atom is 0.406 e. The molecule has 0 aliphatic carbocycles. The molecule has 2 atom stereocenters. The van der Waals surface area contributed by atoms with Gasteiger partial charge < -0.3 is 10.4 Å². The van der Waals surface area contributed by atoms with Crippen LogP contribution in [0.2, 0.25) is 0 Å². The van der Waals surface area contributed by atoms with Gasteiger partial charge in [0.25, 0.3) is 0 Å². The van der Waals surface area contributed by atoms with Gasteiger partial charge in [-0.1, -0.05) is 34.1 Å². The Labute approximate surface area is 122 Å². The van der Waals surface area contributed by atoms with Crippen LogP contribution < -0.4 is 5.32 Å². The lowest BCUT2D eigenvalue weighted by Crippen LogP contribution is -2.51. The molecule has 0 aromatic heterocycles. The van der Waals surface area contributed by atoms with Crippen molar-refractivity contribution >= 4 is 21.9 Å². The molecule has 7 heteroatoms. The SMILES string of the molecule is O=C(O)[C@@]1(C(F)(F)F)CNC[C@@H]1Cc1ccccc1Br. The van der Waals surface area contributed by atoms with Gasteiger partial charge in [-0.15, -0.1) is 0 Å². The number of carbonyl (C=O) groups is 1. The van der Waals surface area contributed by atoms with Gasteiger partial charge in [-0.3, -0.25) is 4.79 Å². The fourth-order valence-electron chi connectivity index (χ4n) is 2.64. The first-order chi connectivity index (χ1) is 9.29. The molecule has 0 saturated carbocycles. The molecular weight excluding hydrogens is 339 g/mol. The summed E-state index contributed by atoms with van der Waals surface area (Å²) in [5.41, 5.74) is -2.04. The van der Waals surface area contributed by atoms with Crippen LogP contribution in [0.4, 0.5) is 13.2 Å². The zero-order valence-corrected chi connectivity index (χ0v) is 12.0. The smallest absolute Gasteiger partial charge is 0.406 e. The van der Waals surface area contributed by atoms with Crippen molar-refractivity contribution in [3.8, 4) is 0 Å². The first-order valence-electron chi connectivity index (χ1n) is 6.03. The first-order valence-corrected chi connectivity index (χ1v) is 6.82. The molecule has 1 aliphatic rings. The predicted octanol–water partition coefficient (Wildman–Crippen LogP) is 2.84. The average molecular weight is 352 g/mol. The number of hydrogen-bond acceptors (Lipinski definition) is 2. The number of rotatable bonds is 3. The van der Waals surface area contributed by atoms with E-state index in [4.69, 9.17) is 5.11 Å². The van der Waals surface area contributed by atoms with E-state index in [0.717, 1.165) is 0 Å². The quantitative estimate of drug-likeness (QED) is 0.880. The Morgan fingerprint density at radius 1 is 1.45 bits per heavy atom. The second-order valence-corrected chi connectivity index (χ2v) is 5.75. The van der Waals surface area contributed by atoms with Crippen LogP contribution in [-0.4, -0.2) is 30.3 Å². The monoisotopic (exact) mass is 351 g/mol. The fraction of sp³-hybridized carbons (Fsp3) is 0.462. The highest BCUT2D eigenvalue weighted by Crippen LogP contribution is 2.48. The highest BCUT2D eigenvalue weighted by molar-refractivity contribution is 9.10. The number of alkyl halides is 3. The Bertz CT molecular complexity index is 521. The molecule has 1 heterocycles. The molecule has 3 nitrogen and oxygen atoms in total. The summed E-state index contributed by atoms with van der Waals surface area (Å²) in [6.45, 7) is -0.548. The van der Waals surface area contributed by atoms with E-state index in [0.29, 0.717) is 10.0 Å². The third-order valence-corrected chi connectivity index (χ3v) is 4.58. The zero-order valence-electron chi connectivity index (χ0n) is 10.4. The summed E-state index contributed by atoms with van der Waals surface area (Å²) in [5, 5.41) is 11.7. The predicted molar refractivity (Wildman–Crippen MR) is 70.3 cm³/mol. The van der Waals surface area contributed by atoms with Crippen molar-refractivity contribution < 1.29 is 23.1 Å². The minimum atomic E-state index is -4.78. The van der Waals surface area contributed by atoms with Crippen molar-refractivity contribution in [3.05, 3.63) is 34.3 Å². The second-order valence-electron chi connectivity index (χ2n) is 4.90. The molecule has 1 saturated heterocycles. The second kappa shape index (κ2) is 5.37. The zero-order chi connectivity index (χ0) is 15.0. The van der Waals surface area contributed by atoms with Crippen LogP contribution in [0.3, 0.4) is 0 Å². The van der Waals surface area contributed by atoms with Crippen molar-refractivity contribution in [2.24, 2.45) is 11.3 Å². The van der Waals surface area contributed by atoms with E-state index in [2.05, 4.69) is 21.2 Å². The normalized spacial score (nSPS) is 26.7. The van der Waals surface area contributed by atoms with Gasteiger partial charge in [-0.05, 0) is 24.6 Å². The lowest BCUT2D eigenvalue weighted by Gasteiger charge is -2.32. The molecule has 0 amide bonds. The Hall–Kier alpha value is -1.08. The molecule has 0 radical (unpaired) electrons. The maximum atomic E-state index is 13.3. The third kappa shape index (κ3) is 2.44. The van der Waals surface area contributed by atoms with Crippen LogP contribution in [0.15, 0.2) is 28.7 Å². The minimum Gasteiger partial charge on any atom is -0.481 e. The number of nitrogens with one attached hydrogen (secondary N) is 1. The van der Waals surface area contributed by atoms with Crippen molar-refractivity contribution in [2.75, 3.05) is 13.1 Å². The number of hydrogen-bond donors (Lipinski definition) is 2. The molecule has 0 spiro atoms. The first kappa shape index (κ1) is 15.3. The van der Waals surface area contributed by atoms with Crippen LogP contribution in [0.25, 0.3) is 0 Å². The molecule has 1 aromatic rings. The Morgan fingerprint density at radius 3 is 2.65 bits per heavy atom. The van der Waals surface area contributed by atoms with Crippen molar-refractivity contribution in [3.63, 3.8) is 0 Å². The molecular formula is C13H13BrF3NO2. The van der Waals surface area contributed by atoms with Gasteiger partial charge in [0.15, 0.2) is 5.41 Å². The van der Waals surface area contributed by atoms with Crippen LogP contribution in [0.5, 0.6) is 0 Å². The van der Waals surface area contributed by atoms with E-state index in [9.17, 15) is 18.0 Å². The van der Waals surface area contributed by atoms with Gasteiger partial charge in [0.1, 0.15) is 0 Å². The molecule has 1 aliphatic heterocycles. The van der Waals surface area contributed by atoms with Gasteiger partial charge in [-0.2, -0.15) is 13.2 Å². The van der Waals surface area contributed by atoms with E-state index < -0.39 is 30.0 Å². The molecule has 2 rings (SSSR count). The van der Waals surface area contributed by atoms with E-state index >= 15 is 0 Å². The summed E-state index contributed by atoms with van der Waals surface area (Å²) in [4.78, 5) is 11.3. The van der Waals surface area contributed by atoms with Crippen LogP contribution in [-0.2, 0) is 11.2 Å². The van der Waals surface area contributed by atoms with Gasteiger partial charge >= 0.3 is 12.1 Å². The Balaban J connectivity index is 2.35. The van der Waals surface area contributed by atoms with Crippen LogP contribution in [0, 0.1) is 11.3 Å². The molecule has 20 heavy (non-hydrogen) atoms. The Kier molecular flexibility index (Phi) is 4.11. The largest absolute Gasteiger partial charge is 0.481 e. The average Bonchev–Trinajstić information content (AvgIpc) is 2.76. The molecule has 110 valence electrons. The number of halogens is 4.